The minimum atomic E-state index is -0.587. The first-order valence-corrected chi connectivity index (χ1v) is 8.97. The monoisotopic (exact) mass is 409 g/mol. The molecule has 0 fully saturated rings. The molecule has 1 atom stereocenters. The van der Waals surface area contributed by atoms with E-state index in [0.717, 1.165) is 5.56 Å². The van der Waals surface area contributed by atoms with Crippen LogP contribution in [0.4, 0.5) is 0 Å². The van der Waals surface area contributed by atoms with Gasteiger partial charge in [0.05, 0.1) is 12.5 Å². The molecule has 1 amide bonds. The second-order valence-corrected chi connectivity index (χ2v) is 6.75. The molecule has 1 N–H and O–H groups in total. The van der Waals surface area contributed by atoms with E-state index in [9.17, 15) is 9.59 Å². The molecule has 8 heteroatoms. The number of carbonyl (C=O) groups is 2. The Labute approximate surface area is 166 Å². The number of hydrogen-bond donors (Lipinski definition) is 1. The highest BCUT2D eigenvalue weighted by atomic mass is 35.5. The zero-order chi connectivity index (χ0) is 19.4. The van der Waals surface area contributed by atoms with Crippen molar-refractivity contribution in [1.82, 2.24) is 5.32 Å². The fourth-order valence-electron chi connectivity index (χ4n) is 2.59. The summed E-state index contributed by atoms with van der Waals surface area (Å²) in [6.45, 7) is 1.61. The van der Waals surface area contributed by atoms with Crippen molar-refractivity contribution in [2.45, 2.75) is 19.4 Å². The van der Waals surface area contributed by atoms with Crippen molar-refractivity contribution in [2.24, 2.45) is 0 Å². The minimum absolute atomic E-state index is 0.108. The van der Waals surface area contributed by atoms with Gasteiger partial charge in [0.2, 0.25) is 6.79 Å². The van der Waals surface area contributed by atoms with Crippen molar-refractivity contribution >= 4 is 35.1 Å². The fourth-order valence-corrected chi connectivity index (χ4v) is 3.12. The first-order chi connectivity index (χ1) is 12.9. The van der Waals surface area contributed by atoms with Crippen molar-refractivity contribution < 1.29 is 23.8 Å². The van der Waals surface area contributed by atoms with Crippen molar-refractivity contribution in [1.29, 1.82) is 0 Å². The summed E-state index contributed by atoms with van der Waals surface area (Å²) in [5, 5.41) is 3.52. The van der Waals surface area contributed by atoms with Gasteiger partial charge >= 0.3 is 5.97 Å². The molecule has 0 aromatic heterocycles. The number of amides is 1. The molecule has 2 aromatic carbocycles. The Morgan fingerprint density at radius 1 is 1.15 bits per heavy atom. The molecule has 0 saturated heterocycles. The molecule has 1 aliphatic heterocycles. The number of benzene rings is 2. The summed E-state index contributed by atoms with van der Waals surface area (Å²) >= 11 is 12.0. The summed E-state index contributed by atoms with van der Waals surface area (Å²) in [6, 6.07) is 10.1. The van der Waals surface area contributed by atoms with Crippen LogP contribution in [0.5, 0.6) is 11.5 Å². The van der Waals surface area contributed by atoms with Gasteiger partial charge in [-0.25, -0.2) is 0 Å². The molecule has 6 nitrogen and oxygen atoms in total. The fraction of sp³-hybridized carbons (Fsp3) is 0.263. The zero-order valence-corrected chi connectivity index (χ0v) is 16.0. The van der Waals surface area contributed by atoms with Crippen LogP contribution in [0.15, 0.2) is 36.4 Å². The smallest absolute Gasteiger partial charge is 0.310 e. The maximum Gasteiger partial charge on any atom is 0.310 e. The van der Waals surface area contributed by atoms with E-state index in [1.807, 2.05) is 13.0 Å². The van der Waals surface area contributed by atoms with Crippen LogP contribution in [0.1, 0.15) is 24.1 Å². The van der Waals surface area contributed by atoms with E-state index >= 15 is 0 Å². The quantitative estimate of drug-likeness (QED) is 0.736. The molecule has 27 heavy (non-hydrogen) atoms. The molecule has 142 valence electrons. The minimum Gasteiger partial charge on any atom is -0.455 e. The predicted octanol–water partition coefficient (Wildman–Crippen LogP) is 3.69. The molecule has 0 aliphatic carbocycles. The van der Waals surface area contributed by atoms with Gasteiger partial charge in [-0.2, -0.15) is 0 Å². The lowest BCUT2D eigenvalue weighted by Gasteiger charge is -2.15. The van der Waals surface area contributed by atoms with Crippen LogP contribution < -0.4 is 14.8 Å². The summed E-state index contributed by atoms with van der Waals surface area (Å²) < 4.78 is 15.6. The summed E-state index contributed by atoms with van der Waals surface area (Å²) in [5.74, 6) is 0.302. The van der Waals surface area contributed by atoms with Gasteiger partial charge in [-0.3, -0.25) is 9.59 Å². The molecular weight excluding hydrogens is 393 g/mol. The Morgan fingerprint density at radius 2 is 1.85 bits per heavy atom. The van der Waals surface area contributed by atoms with E-state index in [0.29, 0.717) is 27.1 Å². The third-order valence-corrected chi connectivity index (χ3v) is 4.73. The van der Waals surface area contributed by atoms with Gasteiger partial charge in [-0.1, -0.05) is 35.3 Å². The van der Waals surface area contributed by atoms with Crippen LogP contribution in [-0.4, -0.2) is 25.3 Å². The second-order valence-electron chi connectivity index (χ2n) is 5.94. The number of halogens is 2. The number of fused-ring (bicyclic) bond motifs is 1. The first-order valence-electron chi connectivity index (χ1n) is 8.21. The highest BCUT2D eigenvalue weighted by molar-refractivity contribution is 6.36. The van der Waals surface area contributed by atoms with Crippen LogP contribution in [0.2, 0.25) is 10.0 Å². The summed E-state index contributed by atoms with van der Waals surface area (Å²) in [4.78, 5) is 24.0. The van der Waals surface area contributed by atoms with Crippen molar-refractivity contribution in [3.05, 3.63) is 57.6 Å². The molecule has 1 aliphatic rings. The highest BCUT2D eigenvalue weighted by Crippen LogP contribution is 2.34. The molecule has 2 aromatic rings. The Morgan fingerprint density at radius 3 is 2.59 bits per heavy atom. The summed E-state index contributed by atoms with van der Waals surface area (Å²) in [5.41, 5.74) is 1.32. The van der Waals surface area contributed by atoms with E-state index in [1.165, 1.54) is 0 Å². The molecule has 3 rings (SSSR count). The number of hydrogen-bond acceptors (Lipinski definition) is 5. The second kappa shape index (κ2) is 8.50. The van der Waals surface area contributed by atoms with Crippen LogP contribution >= 0.6 is 23.2 Å². The van der Waals surface area contributed by atoms with Crippen LogP contribution in [0, 0.1) is 0 Å². The SMILES string of the molecule is C[C@H](NC(=O)COC(=O)Cc1c(Cl)cccc1Cl)c1ccc2c(c1)OCO2. The predicted molar refractivity (Wildman–Crippen MR) is 100 cm³/mol. The van der Waals surface area contributed by atoms with Crippen LogP contribution in [0.3, 0.4) is 0 Å². The molecule has 0 unspecified atom stereocenters. The molecule has 0 spiro atoms. The third-order valence-electron chi connectivity index (χ3n) is 4.02. The van der Waals surface area contributed by atoms with Gasteiger partial charge in [0, 0.05) is 15.6 Å². The summed E-state index contributed by atoms with van der Waals surface area (Å²) in [6.07, 6.45) is -0.108. The van der Waals surface area contributed by atoms with E-state index < -0.39 is 18.5 Å². The van der Waals surface area contributed by atoms with Gasteiger partial charge in [0.25, 0.3) is 5.91 Å². The van der Waals surface area contributed by atoms with Crippen LogP contribution in [0.25, 0.3) is 0 Å². The van der Waals surface area contributed by atoms with Gasteiger partial charge in [-0.05, 0) is 36.8 Å². The molecular formula is C19H17Cl2NO5. The van der Waals surface area contributed by atoms with E-state index in [1.54, 1.807) is 30.3 Å². The van der Waals surface area contributed by atoms with Gasteiger partial charge in [0.1, 0.15) is 0 Å². The molecule has 0 radical (unpaired) electrons. The van der Waals surface area contributed by atoms with Crippen molar-refractivity contribution in [2.75, 3.05) is 13.4 Å². The van der Waals surface area contributed by atoms with Gasteiger partial charge < -0.3 is 19.5 Å². The summed E-state index contributed by atoms with van der Waals surface area (Å²) in [7, 11) is 0. The lowest BCUT2D eigenvalue weighted by Crippen LogP contribution is -2.31. The van der Waals surface area contributed by atoms with Crippen molar-refractivity contribution in [3.8, 4) is 11.5 Å². The molecule has 0 saturated carbocycles. The van der Waals surface area contributed by atoms with Crippen molar-refractivity contribution in [3.63, 3.8) is 0 Å². The Hall–Kier alpha value is -2.44. The van der Waals surface area contributed by atoms with Gasteiger partial charge in [0.15, 0.2) is 18.1 Å². The van der Waals surface area contributed by atoms with Crippen LogP contribution in [-0.2, 0) is 20.7 Å². The standard InChI is InChI=1S/C19H17Cl2NO5/c1-11(12-5-6-16-17(7-12)27-10-26-16)22-18(23)9-25-19(24)8-13-14(20)3-2-4-15(13)21/h2-7,11H,8-10H2,1H3,(H,22,23)/t11-/m0/s1. The normalized spacial score (nSPS) is 13.1. The Kier molecular flexibility index (Phi) is 6.08. The molecule has 1 heterocycles. The average molecular weight is 410 g/mol. The molecule has 0 bridgehead atoms. The highest BCUT2D eigenvalue weighted by Gasteiger charge is 2.18. The number of ether oxygens (including phenoxy) is 3. The topological polar surface area (TPSA) is 73.9 Å². The maximum absolute atomic E-state index is 12.1. The lowest BCUT2D eigenvalue weighted by atomic mass is 10.1. The number of nitrogens with one attached hydrogen (secondary N) is 1. The number of esters is 1. The van der Waals surface area contributed by atoms with Gasteiger partial charge in [-0.15, -0.1) is 0 Å². The van der Waals surface area contributed by atoms with E-state index in [-0.39, 0.29) is 19.3 Å². The Bertz CT molecular complexity index is 851. The Balaban J connectivity index is 1.50. The van der Waals surface area contributed by atoms with E-state index in [2.05, 4.69) is 5.32 Å². The first kappa shape index (κ1) is 19.3. The largest absolute Gasteiger partial charge is 0.455 e. The zero-order valence-electron chi connectivity index (χ0n) is 14.5. The number of carbonyl (C=O) groups excluding carboxylic acids is 2. The lowest BCUT2D eigenvalue weighted by molar-refractivity contribution is -0.148. The average Bonchev–Trinajstić information content (AvgIpc) is 3.11. The van der Waals surface area contributed by atoms with E-state index in [4.69, 9.17) is 37.4 Å². The maximum atomic E-state index is 12.1. The third kappa shape index (κ3) is 4.84. The number of rotatable bonds is 6.